The van der Waals surface area contributed by atoms with Crippen molar-refractivity contribution < 1.29 is 31.0 Å². The van der Waals surface area contributed by atoms with Gasteiger partial charge < -0.3 is 10.8 Å². The van der Waals surface area contributed by atoms with Crippen LogP contribution in [0.1, 0.15) is 0 Å². The van der Waals surface area contributed by atoms with Crippen molar-refractivity contribution in [1.82, 2.24) is 0 Å². The Morgan fingerprint density at radius 3 is 1.57 bits per heavy atom. The van der Waals surface area contributed by atoms with Crippen molar-refractivity contribution >= 4 is 20.2 Å². The zero-order valence-corrected chi connectivity index (χ0v) is 8.83. The van der Waals surface area contributed by atoms with Crippen molar-refractivity contribution in [2.45, 2.75) is 0 Å². The maximum atomic E-state index is 10.6. The fourth-order valence-electron chi connectivity index (χ4n) is 0.421. The van der Waals surface area contributed by atoms with Crippen molar-refractivity contribution in [1.29, 1.82) is 0 Å². The van der Waals surface area contributed by atoms with Crippen LogP contribution in [0.4, 0.5) is 0 Å². The van der Waals surface area contributed by atoms with E-state index >= 15 is 0 Å². The SMILES string of the molecule is NCCS(=O)(=O)CCO.O=S(=O)(O)O. The Bertz CT molecular complexity index is 298. The van der Waals surface area contributed by atoms with Gasteiger partial charge in [0.25, 0.3) is 0 Å². The highest BCUT2D eigenvalue weighted by molar-refractivity contribution is 7.91. The molecule has 14 heavy (non-hydrogen) atoms. The Labute approximate surface area is 82.2 Å². The summed E-state index contributed by atoms with van der Waals surface area (Å²) in [6.45, 7) is -0.190. The lowest BCUT2D eigenvalue weighted by Crippen LogP contribution is -2.19. The predicted octanol–water partition coefficient (Wildman–Crippen LogP) is -2.30. The molecule has 88 valence electrons. The molecular formula is C4H13NO7S2. The predicted molar refractivity (Wildman–Crippen MR) is 49.0 cm³/mol. The van der Waals surface area contributed by atoms with E-state index in [0.717, 1.165) is 0 Å². The van der Waals surface area contributed by atoms with Gasteiger partial charge in [0.05, 0.1) is 18.1 Å². The molecule has 10 heteroatoms. The number of aliphatic hydroxyl groups is 1. The molecule has 0 aliphatic carbocycles. The molecule has 0 saturated carbocycles. The van der Waals surface area contributed by atoms with Crippen LogP contribution in [0.15, 0.2) is 0 Å². The molecule has 0 fully saturated rings. The Morgan fingerprint density at radius 2 is 1.36 bits per heavy atom. The third-order valence-electron chi connectivity index (χ3n) is 0.831. The van der Waals surface area contributed by atoms with Crippen molar-refractivity contribution in [3.8, 4) is 0 Å². The molecule has 0 aliphatic heterocycles. The van der Waals surface area contributed by atoms with E-state index in [2.05, 4.69) is 0 Å². The van der Waals surface area contributed by atoms with E-state index in [-0.39, 0.29) is 24.7 Å². The summed E-state index contributed by atoms with van der Waals surface area (Å²) in [7, 11) is -7.72. The highest BCUT2D eigenvalue weighted by Crippen LogP contribution is 1.85. The van der Waals surface area contributed by atoms with Gasteiger partial charge in [0.1, 0.15) is 0 Å². The molecule has 8 nitrogen and oxygen atoms in total. The largest absolute Gasteiger partial charge is 0.395 e. The second-order valence-corrected chi connectivity index (χ2v) is 5.31. The van der Waals surface area contributed by atoms with E-state index in [0.29, 0.717) is 0 Å². The Morgan fingerprint density at radius 1 is 1.00 bits per heavy atom. The lowest BCUT2D eigenvalue weighted by atomic mass is 10.8. The van der Waals surface area contributed by atoms with Crippen molar-refractivity contribution in [2.24, 2.45) is 5.73 Å². The summed E-state index contributed by atoms with van der Waals surface area (Å²) in [4.78, 5) is 0. The summed E-state index contributed by atoms with van der Waals surface area (Å²) in [5.74, 6) is -0.211. The van der Waals surface area contributed by atoms with E-state index < -0.39 is 20.2 Å². The van der Waals surface area contributed by atoms with Crippen LogP contribution in [0.25, 0.3) is 0 Å². The van der Waals surface area contributed by atoms with E-state index in [9.17, 15) is 8.42 Å². The quantitative estimate of drug-likeness (QED) is 0.406. The molecule has 0 atom stereocenters. The normalized spacial score (nSPS) is 11.7. The number of hydrogen-bond donors (Lipinski definition) is 4. The van der Waals surface area contributed by atoms with Gasteiger partial charge in [0.2, 0.25) is 0 Å². The molecule has 5 N–H and O–H groups in total. The first-order valence-electron chi connectivity index (χ1n) is 3.33. The van der Waals surface area contributed by atoms with Crippen molar-refractivity contribution in [3.05, 3.63) is 0 Å². The van der Waals surface area contributed by atoms with Gasteiger partial charge in [-0.2, -0.15) is 8.42 Å². The van der Waals surface area contributed by atoms with Crippen LogP contribution in [0, 0.1) is 0 Å². The summed E-state index contributed by atoms with van der Waals surface area (Å²) < 4.78 is 52.8. The molecule has 0 radical (unpaired) electrons. The minimum atomic E-state index is -4.67. The highest BCUT2D eigenvalue weighted by Gasteiger charge is 2.06. The fraction of sp³-hybridized carbons (Fsp3) is 1.00. The smallest absolute Gasteiger partial charge is 0.394 e. The topological polar surface area (TPSA) is 155 Å². The van der Waals surface area contributed by atoms with Gasteiger partial charge in [0.15, 0.2) is 9.84 Å². The molecular weight excluding hydrogens is 238 g/mol. The average Bonchev–Trinajstić information content (AvgIpc) is 1.81. The number of hydrogen-bond acceptors (Lipinski definition) is 6. The van der Waals surface area contributed by atoms with Gasteiger partial charge in [-0.3, -0.25) is 9.11 Å². The summed E-state index contributed by atoms with van der Waals surface area (Å²) in [6, 6.07) is 0. The van der Waals surface area contributed by atoms with Crippen LogP contribution >= 0.6 is 0 Å². The third kappa shape index (κ3) is 22.6. The second-order valence-electron chi connectivity index (χ2n) is 2.11. The van der Waals surface area contributed by atoms with Crippen LogP contribution in [0.3, 0.4) is 0 Å². The maximum Gasteiger partial charge on any atom is 0.394 e. The average molecular weight is 251 g/mol. The number of rotatable bonds is 4. The first kappa shape index (κ1) is 16.2. The summed E-state index contributed by atoms with van der Waals surface area (Å²) in [5.41, 5.74) is 4.98. The first-order valence-corrected chi connectivity index (χ1v) is 6.55. The van der Waals surface area contributed by atoms with Crippen LogP contribution in [0.2, 0.25) is 0 Å². The lowest BCUT2D eigenvalue weighted by Gasteiger charge is -1.96. The van der Waals surface area contributed by atoms with Gasteiger partial charge in [-0.05, 0) is 0 Å². The van der Waals surface area contributed by atoms with Crippen LogP contribution < -0.4 is 5.73 Å². The molecule has 0 aromatic rings. The van der Waals surface area contributed by atoms with Crippen molar-refractivity contribution in [2.75, 3.05) is 24.7 Å². The molecule has 0 heterocycles. The Kier molecular flexibility index (Phi) is 8.19. The van der Waals surface area contributed by atoms with Crippen molar-refractivity contribution in [3.63, 3.8) is 0 Å². The monoisotopic (exact) mass is 251 g/mol. The number of nitrogens with two attached hydrogens (primary N) is 1. The van der Waals surface area contributed by atoms with Crippen LogP contribution in [0.5, 0.6) is 0 Å². The molecule has 0 aromatic heterocycles. The molecule has 0 aliphatic rings. The summed E-state index contributed by atoms with van der Waals surface area (Å²) in [6.07, 6.45) is 0. The summed E-state index contributed by atoms with van der Waals surface area (Å²) >= 11 is 0. The zero-order valence-electron chi connectivity index (χ0n) is 7.20. The molecule has 0 unspecified atom stereocenters. The van der Waals surface area contributed by atoms with E-state index in [1.165, 1.54) is 0 Å². The number of aliphatic hydroxyl groups excluding tert-OH is 1. The summed E-state index contributed by atoms with van der Waals surface area (Å²) in [5, 5.41) is 8.21. The van der Waals surface area contributed by atoms with Gasteiger partial charge in [0, 0.05) is 6.54 Å². The van der Waals surface area contributed by atoms with E-state index in [1.54, 1.807) is 0 Å². The lowest BCUT2D eigenvalue weighted by molar-refractivity contribution is 0.319. The highest BCUT2D eigenvalue weighted by atomic mass is 32.3. The minimum absolute atomic E-state index is 0.0342. The Hall–Kier alpha value is -0.260. The molecule has 0 rings (SSSR count). The first-order chi connectivity index (χ1) is 6.12. The van der Waals surface area contributed by atoms with Gasteiger partial charge >= 0.3 is 10.4 Å². The zero-order chi connectivity index (χ0) is 11.8. The standard InChI is InChI=1S/C4H11NO3S.H2O4S/c5-1-3-9(7,8)4-2-6;1-5(2,3)4/h6H,1-5H2;(H2,1,2,3,4). The minimum Gasteiger partial charge on any atom is -0.395 e. The molecule has 0 amide bonds. The molecule has 0 aromatic carbocycles. The van der Waals surface area contributed by atoms with E-state index in [4.69, 9.17) is 28.4 Å². The van der Waals surface area contributed by atoms with Gasteiger partial charge in [-0.25, -0.2) is 8.42 Å². The van der Waals surface area contributed by atoms with Crippen LogP contribution in [-0.4, -0.2) is 55.7 Å². The second kappa shape index (κ2) is 7.09. The molecule has 0 saturated heterocycles. The Balaban J connectivity index is 0. The van der Waals surface area contributed by atoms with Crippen LogP contribution in [-0.2, 0) is 20.2 Å². The van der Waals surface area contributed by atoms with E-state index in [1.807, 2.05) is 0 Å². The third-order valence-corrected chi connectivity index (χ3v) is 2.49. The van der Waals surface area contributed by atoms with Gasteiger partial charge in [-0.15, -0.1) is 0 Å². The number of sulfone groups is 1. The fourth-order valence-corrected chi connectivity index (χ4v) is 1.26. The molecule has 0 bridgehead atoms. The maximum absolute atomic E-state index is 10.6. The molecule has 0 spiro atoms. The van der Waals surface area contributed by atoms with Gasteiger partial charge in [-0.1, -0.05) is 0 Å².